The van der Waals surface area contributed by atoms with Crippen molar-refractivity contribution in [2.75, 3.05) is 7.11 Å². The first-order chi connectivity index (χ1) is 17.9. The van der Waals surface area contributed by atoms with Gasteiger partial charge in [-0.2, -0.15) is 0 Å². The Hall–Kier alpha value is -4.03. The zero-order valence-corrected chi connectivity index (χ0v) is 20.8. The Kier molecular flexibility index (Phi) is 8.31. The first-order valence-corrected chi connectivity index (χ1v) is 12.1. The van der Waals surface area contributed by atoms with E-state index < -0.39 is 23.6 Å². The minimum atomic E-state index is -0.950. The van der Waals surface area contributed by atoms with Crippen molar-refractivity contribution in [1.29, 1.82) is 0 Å². The standard InChI is InChI=1S/C31H29F2NO3/c1-21(23-11-7-4-8-12-23)34(20-22-9-5-3-6-10-22)29(19-31(35)36)24-13-16-30(37-2)27(17-24)26-15-14-25(32)18-28(26)33/h3-18,21,29H,19-20H2,1-2H3,(H,35,36)/t21-,29+/m1/s1. The molecule has 0 spiro atoms. The van der Waals surface area contributed by atoms with E-state index in [-0.39, 0.29) is 18.0 Å². The molecule has 0 aliphatic carbocycles. The van der Waals surface area contributed by atoms with Gasteiger partial charge in [-0.15, -0.1) is 0 Å². The highest BCUT2D eigenvalue weighted by Gasteiger charge is 2.29. The highest BCUT2D eigenvalue weighted by Crippen LogP contribution is 2.39. The minimum Gasteiger partial charge on any atom is -0.496 e. The molecular formula is C31H29F2NO3. The van der Waals surface area contributed by atoms with Gasteiger partial charge in [-0.25, -0.2) is 8.78 Å². The fourth-order valence-corrected chi connectivity index (χ4v) is 4.68. The number of aliphatic carboxylic acids is 1. The summed E-state index contributed by atoms with van der Waals surface area (Å²) in [5.74, 6) is -1.93. The van der Waals surface area contributed by atoms with Crippen LogP contribution in [0.1, 0.15) is 42.1 Å². The zero-order valence-electron chi connectivity index (χ0n) is 20.8. The molecule has 0 amide bonds. The van der Waals surface area contributed by atoms with Crippen LogP contribution >= 0.6 is 0 Å². The lowest BCUT2D eigenvalue weighted by Gasteiger charge is -2.37. The van der Waals surface area contributed by atoms with Gasteiger partial charge in [-0.3, -0.25) is 9.69 Å². The lowest BCUT2D eigenvalue weighted by atomic mass is 9.93. The fraction of sp³-hybridized carbons (Fsp3) is 0.194. The van der Waals surface area contributed by atoms with Gasteiger partial charge in [0.05, 0.1) is 13.5 Å². The van der Waals surface area contributed by atoms with Crippen LogP contribution in [0.25, 0.3) is 11.1 Å². The van der Waals surface area contributed by atoms with Gasteiger partial charge in [-0.1, -0.05) is 66.7 Å². The van der Waals surface area contributed by atoms with E-state index in [2.05, 4.69) is 11.8 Å². The maximum Gasteiger partial charge on any atom is 0.305 e. The second-order valence-electron chi connectivity index (χ2n) is 8.94. The quantitative estimate of drug-likeness (QED) is 0.246. The maximum absolute atomic E-state index is 14.8. The Balaban J connectivity index is 1.85. The van der Waals surface area contributed by atoms with Gasteiger partial charge in [0.2, 0.25) is 0 Å². The van der Waals surface area contributed by atoms with Crippen LogP contribution in [0.3, 0.4) is 0 Å². The molecule has 0 fully saturated rings. The zero-order chi connectivity index (χ0) is 26.4. The van der Waals surface area contributed by atoms with Crippen LogP contribution < -0.4 is 4.74 Å². The number of carbonyl (C=O) groups is 1. The van der Waals surface area contributed by atoms with Gasteiger partial charge in [0.25, 0.3) is 0 Å². The molecule has 0 aromatic heterocycles. The van der Waals surface area contributed by atoms with E-state index >= 15 is 0 Å². The van der Waals surface area contributed by atoms with Crippen molar-refractivity contribution < 1.29 is 23.4 Å². The summed E-state index contributed by atoms with van der Waals surface area (Å²) in [5.41, 5.74) is 3.39. The second-order valence-corrected chi connectivity index (χ2v) is 8.94. The van der Waals surface area contributed by atoms with Crippen LogP contribution in [0, 0.1) is 11.6 Å². The molecular weight excluding hydrogens is 472 g/mol. The number of rotatable bonds is 10. The molecule has 0 aliphatic heterocycles. The van der Waals surface area contributed by atoms with E-state index in [0.717, 1.165) is 17.2 Å². The highest BCUT2D eigenvalue weighted by atomic mass is 19.1. The molecule has 1 N–H and O–H groups in total. The first-order valence-electron chi connectivity index (χ1n) is 12.1. The van der Waals surface area contributed by atoms with Crippen molar-refractivity contribution in [1.82, 2.24) is 4.90 Å². The molecule has 0 heterocycles. The molecule has 4 aromatic carbocycles. The molecule has 0 bridgehead atoms. The van der Waals surface area contributed by atoms with Crippen LogP contribution in [0.15, 0.2) is 97.1 Å². The van der Waals surface area contributed by atoms with Crippen LogP contribution in [-0.4, -0.2) is 23.1 Å². The predicted molar refractivity (Wildman–Crippen MR) is 140 cm³/mol. The molecule has 4 nitrogen and oxygen atoms in total. The number of halogens is 2. The summed E-state index contributed by atoms with van der Waals surface area (Å²) in [6, 6.07) is 27.8. The average Bonchev–Trinajstić information content (AvgIpc) is 2.91. The van der Waals surface area contributed by atoms with Crippen molar-refractivity contribution in [3.63, 3.8) is 0 Å². The van der Waals surface area contributed by atoms with Crippen molar-refractivity contribution in [2.24, 2.45) is 0 Å². The SMILES string of the molecule is COc1ccc([C@H](CC(=O)O)N(Cc2ccccc2)[C@H](C)c2ccccc2)cc1-c1ccc(F)cc1F. The third-order valence-electron chi connectivity index (χ3n) is 6.59. The van der Waals surface area contributed by atoms with Gasteiger partial charge < -0.3 is 9.84 Å². The summed E-state index contributed by atoms with van der Waals surface area (Å²) >= 11 is 0. The molecule has 190 valence electrons. The summed E-state index contributed by atoms with van der Waals surface area (Å²) in [7, 11) is 1.48. The number of nitrogens with zero attached hydrogens (tertiary/aromatic N) is 1. The summed E-state index contributed by atoms with van der Waals surface area (Å²) in [4.78, 5) is 14.3. The smallest absolute Gasteiger partial charge is 0.305 e. The number of hydrogen-bond donors (Lipinski definition) is 1. The molecule has 37 heavy (non-hydrogen) atoms. The van der Waals surface area contributed by atoms with Crippen LogP contribution in [0.5, 0.6) is 5.75 Å². The Bertz CT molecular complexity index is 1350. The molecule has 0 aliphatic rings. The van der Waals surface area contributed by atoms with E-state index in [9.17, 15) is 18.7 Å². The number of carboxylic acid groups (broad SMARTS) is 1. The molecule has 2 atom stereocenters. The Labute approximate surface area is 215 Å². The molecule has 4 rings (SSSR count). The van der Waals surface area contributed by atoms with Crippen LogP contribution in [0.2, 0.25) is 0 Å². The Morgan fingerprint density at radius 2 is 1.54 bits per heavy atom. The van der Waals surface area contributed by atoms with Gasteiger partial charge in [-0.05, 0) is 47.9 Å². The van der Waals surface area contributed by atoms with Crippen molar-refractivity contribution in [3.05, 3.63) is 125 Å². The van der Waals surface area contributed by atoms with E-state index in [1.54, 1.807) is 12.1 Å². The second kappa shape index (κ2) is 11.8. The van der Waals surface area contributed by atoms with Crippen molar-refractivity contribution in [3.8, 4) is 16.9 Å². The summed E-state index contributed by atoms with van der Waals surface area (Å²) < 4.78 is 33.9. The Morgan fingerprint density at radius 1 is 0.865 bits per heavy atom. The molecule has 0 saturated heterocycles. The molecule has 0 saturated carbocycles. The predicted octanol–water partition coefficient (Wildman–Crippen LogP) is 7.42. The van der Waals surface area contributed by atoms with E-state index in [1.807, 2.05) is 66.7 Å². The maximum atomic E-state index is 14.8. The summed E-state index contributed by atoms with van der Waals surface area (Å²) in [6.07, 6.45) is -0.165. The number of carboxylic acids is 1. The highest BCUT2D eigenvalue weighted by molar-refractivity contribution is 5.73. The lowest BCUT2D eigenvalue weighted by molar-refractivity contribution is -0.138. The van der Waals surface area contributed by atoms with Crippen LogP contribution in [-0.2, 0) is 11.3 Å². The minimum absolute atomic E-state index is 0.126. The normalized spacial score (nSPS) is 12.8. The van der Waals surface area contributed by atoms with Crippen molar-refractivity contribution >= 4 is 5.97 Å². The third-order valence-corrected chi connectivity index (χ3v) is 6.59. The van der Waals surface area contributed by atoms with Gasteiger partial charge >= 0.3 is 5.97 Å². The fourth-order valence-electron chi connectivity index (χ4n) is 4.68. The Morgan fingerprint density at radius 3 is 2.16 bits per heavy atom. The topological polar surface area (TPSA) is 49.8 Å². The van der Waals surface area contributed by atoms with Crippen molar-refractivity contribution in [2.45, 2.75) is 32.0 Å². The van der Waals surface area contributed by atoms with Gasteiger partial charge in [0.15, 0.2) is 0 Å². The third kappa shape index (κ3) is 6.22. The number of hydrogen-bond acceptors (Lipinski definition) is 3. The summed E-state index contributed by atoms with van der Waals surface area (Å²) in [6.45, 7) is 2.55. The molecule has 0 radical (unpaired) electrons. The number of methoxy groups -OCH3 is 1. The van der Waals surface area contributed by atoms with Gasteiger partial charge in [0, 0.05) is 35.8 Å². The number of ether oxygens (including phenoxy) is 1. The molecule has 4 aromatic rings. The first kappa shape index (κ1) is 26.0. The van der Waals surface area contributed by atoms with E-state index in [1.165, 1.54) is 19.2 Å². The van der Waals surface area contributed by atoms with E-state index in [4.69, 9.17) is 4.74 Å². The average molecular weight is 502 g/mol. The molecule has 0 unspecified atom stereocenters. The summed E-state index contributed by atoms with van der Waals surface area (Å²) in [5, 5.41) is 9.92. The lowest BCUT2D eigenvalue weighted by Crippen LogP contribution is -2.32. The number of benzene rings is 4. The molecule has 6 heteroatoms. The largest absolute Gasteiger partial charge is 0.496 e. The van der Waals surface area contributed by atoms with E-state index in [0.29, 0.717) is 23.4 Å². The van der Waals surface area contributed by atoms with Crippen LogP contribution in [0.4, 0.5) is 8.78 Å². The van der Waals surface area contributed by atoms with Gasteiger partial charge in [0.1, 0.15) is 17.4 Å². The monoisotopic (exact) mass is 501 g/mol.